The highest BCUT2D eigenvalue weighted by Crippen LogP contribution is 2.30. The maximum absolute atomic E-state index is 13.0. The predicted octanol–water partition coefficient (Wildman–Crippen LogP) is 2.88. The molecule has 25 heavy (non-hydrogen) atoms. The average molecular weight is 357 g/mol. The molecular weight excluding hydrogens is 338 g/mol. The van der Waals surface area contributed by atoms with Gasteiger partial charge in [0.2, 0.25) is 0 Å². The van der Waals surface area contributed by atoms with Gasteiger partial charge >= 0.3 is 5.97 Å². The van der Waals surface area contributed by atoms with Crippen molar-refractivity contribution in [3.8, 4) is 0 Å². The summed E-state index contributed by atoms with van der Waals surface area (Å²) in [6.45, 7) is 1.85. The number of rotatable bonds is 3. The molecule has 1 saturated heterocycles. The Balaban J connectivity index is 1.88. The smallest absolute Gasteiger partial charge is 0.328 e. The Morgan fingerprint density at radius 3 is 2.52 bits per heavy atom. The molecule has 130 valence electrons. The largest absolute Gasteiger partial charge is 0.467 e. The number of methoxy groups -OCH3 is 1. The minimum absolute atomic E-state index is 0.0198. The molecule has 5 nitrogen and oxygen atoms in total. The molecule has 1 heterocycles. The summed E-state index contributed by atoms with van der Waals surface area (Å²) in [7, 11) is 1.31. The van der Waals surface area contributed by atoms with Crippen molar-refractivity contribution in [1.29, 1.82) is 0 Å². The fourth-order valence-electron chi connectivity index (χ4n) is 3.19. The van der Waals surface area contributed by atoms with Gasteiger partial charge in [-0.05, 0) is 29.3 Å². The van der Waals surface area contributed by atoms with Gasteiger partial charge < -0.3 is 9.64 Å². The summed E-state index contributed by atoms with van der Waals surface area (Å²) >= 11 is 1.17. The van der Waals surface area contributed by atoms with E-state index in [1.54, 1.807) is 6.07 Å². The van der Waals surface area contributed by atoms with E-state index < -0.39 is 12.0 Å². The van der Waals surface area contributed by atoms with E-state index in [9.17, 15) is 14.4 Å². The first-order valence-corrected chi connectivity index (χ1v) is 8.92. The molecule has 0 unspecified atom stereocenters. The molecule has 1 aliphatic heterocycles. The maximum atomic E-state index is 13.0. The van der Waals surface area contributed by atoms with Gasteiger partial charge in [0, 0.05) is 24.3 Å². The van der Waals surface area contributed by atoms with Crippen molar-refractivity contribution >= 4 is 39.5 Å². The van der Waals surface area contributed by atoms with Gasteiger partial charge in [-0.25, -0.2) is 4.79 Å². The first-order chi connectivity index (χ1) is 12.0. The van der Waals surface area contributed by atoms with Crippen molar-refractivity contribution in [2.24, 2.45) is 0 Å². The minimum atomic E-state index is -0.652. The molecule has 1 aliphatic rings. The normalized spacial score (nSPS) is 19.8. The molecule has 2 aromatic rings. The van der Waals surface area contributed by atoms with E-state index in [1.807, 2.05) is 36.4 Å². The van der Waals surface area contributed by atoms with Gasteiger partial charge in [-0.15, -0.1) is 0 Å². The number of hydrogen-bond acceptors (Lipinski definition) is 5. The molecule has 0 aliphatic carbocycles. The Morgan fingerprint density at radius 2 is 1.84 bits per heavy atom. The fourth-order valence-corrected chi connectivity index (χ4v) is 4.17. The van der Waals surface area contributed by atoms with E-state index in [-0.39, 0.29) is 16.3 Å². The van der Waals surface area contributed by atoms with Crippen LogP contribution >= 0.6 is 11.8 Å². The lowest BCUT2D eigenvalue weighted by Gasteiger charge is -2.22. The Kier molecular flexibility index (Phi) is 5.08. The second-order valence-corrected chi connectivity index (χ2v) is 7.50. The standard InChI is InChI=1S/C19H19NO4S/c1-12(21)25-16-10-17(19(23)24-2)20(11-16)18(22)15-8-7-13-5-3-4-6-14(13)9-15/h3-9,16-17H,10-11H2,1-2H3/t16-,17+/m1/s1. The van der Waals surface area contributed by atoms with Crippen LogP contribution in [0.4, 0.5) is 0 Å². The Hall–Kier alpha value is -2.34. The van der Waals surface area contributed by atoms with Crippen LogP contribution in [0.25, 0.3) is 10.8 Å². The molecule has 2 atom stereocenters. The Morgan fingerprint density at radius 1 is 1.12 bits per heavy atom. The highest BCUT2D eigenvalue weighted by Gasteiger charge is 2.41. The quantitative estimate of drug-likeness (QED) is 0.791. The monoisotopic (exact) mass is 357 g/mol. The van der Waals surface area contributed by atoms with Crippen molar-refractivity contribution in [2.75, 3.05) is 13.7 Å². The van der Waals surface area contributed by atoms with Gasteiger partial charge in [-0.3, -0.25) is 9.59 Å². The zero-order valence-corrected chi connectivity index (χ0v) is 14.9. The summed E-state index contributed by atoms with van der Waals surface area (Å²) in [5.41, 5.74) is 0.529. The lowest BCUT2D eigenvalue weighted by Crippen LogP contribution is -2.41. The summed E-state index contributed by atoms with van der Waals surface area (Å²) in [5, 5.41) is 1.91. The van der Waals surface area contributed by atoms with E-state index in [0.29, 0.717) is 18.5 Å². The molecule has 1 fully saturated rings. The minimum Gasteiger partial charge on any atom is -0.467 e. The van der Waals surface area contributed by atoms with Gasteiger partial charge in [0.1, 0.15) is 6.04 Å². The number of amides is 1. The molecule has 0 bridgehead atoms. The molecule has 1 amide bonds. The molecular formula is C19H19NO4S. The highest BCUT2D eigenvalue weighted by molar-refractivity contribution is 8.14. The zero-order chi connectivity index (χ0) is 18.0. The van der Waals surface area contributed by atoms with Gasteiger partial charge in [0.15, 0.2) is 5.12 Å². The summed E-state index contributed by atoms with van der Waals surface area (Å²) < 4.78 is 4.85. The predicted molar refractivity (Wildman–Crippen MR) is 97.5 cm³/mol. The van der Waals surface area contributed by atoms with Crippen LogP contribution in [0, 0.1) is 0 Å². The molecule has 0 aromatic heterocycles. The summed E-state index contributed by atoms with van der Waals surface area (Å²) in [5.74, 6) is -0.659. The lowest BCUT2D eigenvalue weighted by molar-refractivity contribution is -0.145. The average Bonchev–Trinajstić information content (AvgIpc) is 3.03. The topological polar surface area (TPSA) is 63.7 Å². The fraction of sp³-hybridized carbons (Fsp3) is 0.316. The number of carbonyl (C=O) groups is 3. The van der Waals surface area contributed by atoms with E-state index >= 15 is 0 Å². The van der Waals surface area contributed by atoms with Gasteiger partial charge in [0.05, 0.1) is 7.11 Å². The van der Waals surface area contributed by atoms with Crippen LogP contribution in [0.3, 0.4) is 0 Å². The third kappa shape index (κ3) is 3.69. The Bertz CT molecular complexity index is 835. The third-order valence-corrected chi connectivity index (χ3v) is 5.33. The zero-order valence-electron chi connectivity index (χ0n) is 14.1. The number of carbonyl (C=O) groups excluding carboxylic acids is 3. The van der Waals surface area contributed by atoms with Crippen molar-refractivity contribution in [1.82, 2.24) is 4.90 Å². The number of thioether (sulfide) groups is 1. The molecule has 0 radical (unpaired) electrons. The summed E-state index contributed by atoms with van der Waals surface area (Å²) in [4.78, 5) is 38.0. The van der Waals surface area contributed by atoms with Crippen LogP contribution < -0.4 is 0 Å². The number of hydrogen-bond donors (Lipinski definition) is 0. The van der Waals surface area contributed by atoms with Gasteiger partial charge in [0.25, 0.3) is 5.91 Å². The number of likely N-dealkylation sites (tertiary alicyclic amines) is 1. The number of benzene rings is 2. The van der Waals surface area contributed by atoms with Crippen LogP contribution in [0.1, 0.15) is 23.7 Å². The number of esters is 1. The maximum Gasteiger partial charge on any atom is 0.328 e. The number of nitrogens with zero attached hydrogens (tertiary/aromatic N) is 1. The lowest BCUT2D eigenvalue weighted by atomic mass is 10.1. The highest BCUT2D eigenvalue weighted by atomic mass is 32.2. The van der Waals surface area contributed by atoms with Crippen LogP contribution in [0.2, 0.25) is 0 Å². The van der Waals surface area contributed by atoms with E-state index in [4.69, 9.17) is 4.74 Å². The molecule has 0 spiro atoms. The van der Waals surface area contributed by atoms with Crippen LogP contribution in [0.5, 0.6) is 0 Å². The van der Waals surface area contributed by atoms with Crippen molar-refractivity contribution in [3.63, 3.8) is 0 Å². The van der Waals surface area contributed by atoms with Gasteiger partial charge in [-0.1, -0.05) is 42.1 Å². The molecule has 3 rings (SSSR count). The first-order valence-electron chi connectivity index (χ1n) is 8.04. The van der Waals surface area contributed by atoms with E-state index in [2.05, 4.69) is 0 Å². The SMILES string of the molecule is COC(=O)[C@@H]1C[C@@H](SC(C)=O)CN1C(=O)c1ccc2ccccc2c1. The molecule has 0 saturated carbocycles. The molecule has 0 N–H and O–H groups in total. The van der Waals surface area contributed by atoms with Crippen molar-refractivity contribution in [2.45, 2.75) is 24.6 Å². The van der Waals surface area contributed by atoms with E-state index in [1.165, 1.54) is 30.7 Å². The van der Waals surface area contributed by atoms with Gasteiger partial charge in [-0.2, -0.15) is 0 Å². The third-order valence-electron chi connectivity index (χ3n) is 4.33. The van der Waals surface area contributed by atoms with Crippen LogP contribution in [-0.2, 0) is 14.3 Å². The van der Waals surface area contributed by atoms with Crippen molar-refractivity contribution < 1.29 is 19.1 Å². The summed E-state index contributed by atoms with van der Waals surface area (Å²) in [6.07, 6.45) is 0.427. The number of fused-ring (bicyclic) bond motifs is 1. The Labute approximate surface area is 150 Å². The van der Waals surface area contributed by atoms with E-state index in [0.717, 1.165) is 10.8 Å². The van der Waals surface area contributed by atoms with Crippen LogP contribution in [-0.4, -0.2) is 46.8 Å². The molecule has 2 aromatic carbocycles. The molecule has 6 heteroatoms. The van der Waals surface area contributed by atoms with Crippen molar-refractivity contribution in [3.05, 3.63) is 48.0 Å². The van der Waals surface area contributed by atoms with Crippen LogP contribution in [0.15, 0.2) is 42.5 Å². The number of ether oxygens (including phenoxy) is 1. The first kappa shape index (κ1) is 17.5. The summed E-state index contributed by atoms with van der Waals surface area (Å²) in [6, 6.07) is 12.6. The second-order valence-electron chi connectivity index (χ2n) is 6.03. The second kappa shape index (κ2) is 7.27.